The Hall–Kier alpha value is -6.35. The molecular weight excluding hydrogens is 659 g/mol. The molecule has 0 amide bonds. The average Bonchev–Trinajstić information content (AvgIpc) is 3.23. The molecule has 248 valence electrons. The van der Waals surface area contributed by atoms with Gasteiger partial charge in [0.2, 0.25) is 0 Å². The second-order valence-corrected chi connectivity index (χ2v) is 15.2. The lowest BCUT2D eigenvalue weighted by molar-refractivity contribution is 0.707. The van der Waals surface area contributed by atoms with Crippen LogP contribution in [-0.4, -0.2) is 0 Å². The molecular formula is C51H33NS. The van der Waals surface area contributed by atoms with Crippen molar-refractivity contribution in [2.75, 3.05) is 4.90 Å². The van der Waals surface area contributed by atoms with Crippen LogP contribution in [-0.2, 0) is 5.41 Å². The molecule has 2 heteroatoms. The molecule has 9 aromatic rings. The van der Waals surface area contributed by atoms with Crippen LogP contribution in [0, 0.1) is 0 Å². The van der Waals surface area contributed by atoms with E-state index in [4.69, 9.17) is 0 Å². The van der Waals surface area contributed by atoms with Crippen LogP contribution in [0.15, 0.2) is 210 Å². The van der Waals surface area contributed by atoms with Gasteiger partial charge < -0.3 is 4.90 Å². The van der Waals surface area contributed by atoms with Crippen molar-refractivity contribution in [2.45, 2.75) is 15.2 Å². The lowest BCUT2D eigenvalue weighted by Gasteiger charge is -2.46. The zero-order chi connectivity index (χ0) is 34.9. The molecule has 0 saturated carbocycles. The predicted octanol–water partition coefficient (Wildman–Crippen LogP) is 14.0. The summed E-state index contributed by atoms with van der Waals surface area (Å²) in [5.74, 6) is 0. The number of benzene rings is 9. The van der Waals surface area contributed by atoms with Crippen molar-refractivity contribution in [1.29, 1.82) is 0 Å². The van der Waals surface area contributed by atoms with Crippen molar-refractivity contribution in [3.8, 4) is 22.3 Å². The molecule has 0 N–H and O–H groups in total. The smallest absolute Gasteiger partial charge is 0.0736 e. The van der Waals surface area contributed by atoms with E-state index in [1.165, 1.54) is 75.8 Å². The molecule has 0 bridgehead atoms. The third-order valence-electron chi connectivity index (χ3n) is 11.3. The molecule has 0 fully saturated rings. The predicted molar refractivity (Wildman–Crippen MR) is 223 cm³/mol. The van der Waals surface area contributed by atoms with Crippen molar-refractivity contribution in [2.24, 2.45) is 0 Å². The zero-order valence-corrected chi connectivity index (χ0v) is 29.7. The summed E-state index contributed by atoms with van der Waals surface area (Å²) >= 11 is 1.89. The molecule has 11 rings (SSSR count). The summed E-state index contributed by atoms with van der Waals surface area (Å²) in [6, 6.07) is 74.1. The third-order valence-corrected chi connectivity index (χ3v) is 12.4. The van der Waals surface area contributed by atoms with E-state index in [9.17, 15) is 0 Å². The van der Waals surface area contributed by atoms with E-state index < -0.39 is 5.41 Å². The molecule has 9 aromatic carbocycles. The number of anilines is 3. The fourth-order valence-corrected chi connectivity index (χ4v) is 10.2. The van der Waals surface area contributed by atoms with Gasteiger partial charge in [-0.05, 0) is 121 Å². The molecule has 1 nitrogen and oxygen atoms in total. The van der Waals surface area contributed by atoms with Crippen molar-refractivity contribution >= 4 is 50.4 Å². The second-order valence-electron chi connectivity index (χ2n) is 14.1. The van der Waals surface area contributed by atoms with Gasteiger partial charge in [0, 0.05) is 26.9 Å². The van der Waals surface area contributed by atoms with E-state index in [0.717, 1.165) is 17.1 Å². The van der Waals surface area contributed by atoms with Crippen LogP contribution in [0.25, 0.3) is 43.8 Å². The van der Waals surface area contributed by atoms with Crippen molar-refractivity contribution in [3.63, 3.8) is 0 Å². The quantitative estimate of drug-likeness (QED) is 0.181. The Bertz CT molecular complexity index is 2820. The normalized spacial score (nSPS) is 13.4. The largest absolute Gasteiger partial charge is 0.310 e. The molecule has 0 unspecified atom stereocenters. The Labute approximate surface area is 313 Å². The maximum absolute atomic E-state index is 2.49. The van der Waals surface area contributed by atoms with Gasteiger partial charge in [-0.3, -0.25) is 0 Å². The second kappa shape index (κ2) is 11.8. The first kappa shape index (κ1) is 30.3. The van der Waals surface area contributed by atoms with Gasteiger partial charge >= 0.3 is 0 Å². The topological polar surface area (TPSA) is 3.24 Å². The van der Waals surface area contributed by atoms with Crippen molar-refractivity contribution in [3.05, 3.63) is 222 Å². The first-order chi connectivity index (χ1) is 26.3. The van der Waals surface area contributed by atoms with Crippen LogP contribution >= 0.6 is 11.8 Å². The van der Waals surface area contributed by atoms with Gasteiger partial charge in [-0.25, -0.2) is 0 Å². The summed E-state index contributed by atoms with van der Waals surface area (Å²) in [4.78, 5) is 5.04. The Morgan fingerprint density at radius 2 is 0.943 bits per heavy atom. The molecule has 1 spiro atoms. The highest BCUT2D eigenvalue weighted by Gasteiger charge is 2.48. The highest BCUT2D eigenvalue weighted by atomic mass is 32.2. The number of para-hydroxylation sites is 1. The van der Waals surface area contributed by atoms with Gasteiger partial charge in [0.15, 0.2) is 0 Å². The van der Waals surface area contributed by atoms with Crippen LogP contribution in [0.1, 0.15) is 22.3 Å². The third kappa shape index (κ3) is 4.52. The minimum atomic E-state index is -0.503. The van der Waals surface area contributed by atoms with E-state index in [-0.39, 0.29) is 0 Å². The molecule has 0 atom stereocenters. The minimum Gasteiger partial charge on any atom is -0.310 e. The van der Waals surface area contributed by atoms with Crippen LogP contribution in [0.5, 0.6) is 0 Å². The van der Waals surface area contributed by atoms with E-state index >= 15 is 0 Å². The monoisotopic (exact) mass is 691 g/mol. The lowest BCUT2D eigenvalue weighted by atomic mass is 9.59. The maximum Gasteiger partial charge on any atom is 0.0736 e. The van der Waals surface area contributed by atoms with Crippen molar-refractivity contribution < 1.29 is 0 Å². The Balaban J connectivity index is 1.18. The van der Waals surface area contributed by atoms with E-state index in [1.54, 1.807) is 0 Å². The summed E-state index contributed by atoms with van der Waals surface area (Å²) in [6.07, 6.45) is 0. The standard InChI is InChI=1S/C51H33NS/c1-3-13-34(14-4-1)36-25-26-38-32-40(28-27-37(38)31-36)52(39-17-5-2-6-18-39)41-29-30-42-43-19-11-15-35-16-12-22-46(50(35)43)51(47(42)33-41)44-20-7-9-23-48(44)53-49-24-10-8-21-45(49)51/h1-33H. The summed E-state index contributed by atoms with van der Waals surface area (Å²) in [5.41, 5.74) is 13.3. The van der Waals surface area contributed by atoms with E-state index in [2.05, 4.69) is 205 Å². The van der Waals surface area contributed by atoms with Gasteiger partial charge in [0.1, 0.15) is 0 Å². The fourth-order valence-electron chi connectivity index (χ4n) is 9.02. The van der Waals surface area contributed by atoms with E-state index in [0.29, 0.717) is 0 Å². The van der Waals surface area contributed by atoms with Crippen LogP contribution in [0.3, 0.4) is 0 Å². The Morgan fingerprint density at radius 3 is 1.72 bits per heavy atom. The Kier molecular flexibility index (Phi) is 6.77. The first-order valence-corrected chi connectivity index (χ1v) is 19.1. The number of nitrogens with zero attached hydrogens (tertiary/aromatic N) is 1. The summed E-state index contributed by atoms with van der Waals surface area (Å²) in [6.45, 7) is 0. The van der Waals surface area contributed by atoms with E-state index in [1.807, 2.05) is 11.8 Å². The maximum atomic E-state index is 2.49. The number of hydrogen-bond acceptors (Lipinski definition) is 2. The minimum absolute atomic E-state index is 0.503. The molecule has 0 saturated heterocycles. The molecule has 1 aliphatic heterocycles. The highest BCUT2D eigenvalue weighted by molar-refractivity contribution is 7.99. The first-order valence-electron chi connectivity index (χ1n) is 18.3. The molecule has 53 heavy (non-hydrogen) atoms. The number of rotatable bonds is 4. The van der Waals surface area contributed by atoms with Gasteiger partial charge in [0.05, 0.1) is 5.41 Å². The molecule has 2 aliphatic rings. The van der Waals surface area contributed by atoms with Gasteiger partial charge in [-0.1, -0.05) is 157 Å². The molecule has 1 aliphatic carbocycles. The summed E-state index contributed by atoms with van der Waals surface area (Å²) < 4.78 is 0. The Morgan fingerprint density at radius 1 is 0.340 bits per heavy atom. The summed E-state index contributed by atoms with van der Waals surface area (Å²) in [5, 5.41) is 5.06. The SMILES string of the molecule is c1ccc(-c2ccc3cc(N(c4ccccc4)c4ccc5c(c4)C4(c6ccccc6Sc6ccccc64)c4cccc6cccc-5c46)ccc3c2)cc1. The lowest BCUT2D eigenvalue weighted by Crippen LogP contribution is -2.36. The average molecular weight is 692 g/mol. The molecule has 0 radical (unpaired) electrons. The number of hydrogen-bond donors (Lipinski definition) is 0. The summed E-state index contributed by atoms with van der Waals surface area (Å²) in [7, 11) is 0. The highest BCUT2D eigenvalue weighted by Crippen LogP contribution is 2.61. The van der Waals surface area contributed by atoms with Gasteiger partial charge in [0.25, 0.3) is 0 Å². The fraction of sp³-hybridized carbons (Fsp3) is 0.0196. The van der Waals surface area contributed by atoms with Gasteiger partial charge in [-0.2, -0.15) is 0 Å². The van der Waals surface area contributed by atoms with Crippen LogP contribution in [0.4, 0.5) is 17.1 Å². The van der Waals surface area contributed by atoms with Crippen LogP contribution < -0.4 is 4.90 Å². The molecule has 1 heterocycles. The number of fused-ring (bicyclic) bond motifs is 9. The van der Waals surface area contributed by atoms with Crippen molar-refractivity contribution in [1.82, 2.24) is 0 Å². The van der Waals surface area contributed by atoms with Crippen LogP contribution in [0.2, 0.25) is 0 Å². The zero-order valence-electron chi connectivity index (χ0n) is 28.9. The van der Waals surface area contributed by atoms with Gasteiger partial charge in [-0.15, -0.1) is 0 Å². The molecule has 0 aromatic heterocycles.